The molecule has 33 heteroatoms. The van der Waals surface area contributed by atoms with Crippen molar-refractivity contribution in [3.63, 3.8) is 0 Å². The molecule has 0 atom stereocenters. The van der Waals surface area contributed by atoms with Gasteiger partial charge in [-0.2, -0.15) is 0 Å². The van der Waals surface area contributed by atoms with Gasteiger partial charge in [0, 0.05) is 87.6 Å². The number of hydrogen-bond donors (Lipinski definition) is 10. The van der Waals surface area contributed by atoms with E-state index >= 15 is 0 Å². The average molecular weight is 1990 g/mol. The van der Waals surface area contributed by atoms with E-state index in [-0.39, 0.29) is 59.6 Å². The van der Waals surface area contributed by atoms with Crippen LogP contribution in [-0.4, -0.2) is 186 Å². The SMILES string of the molecule is CCOC(=O)c1ccc(C2CCCCC2)c([N+](=O)[O-])c1.CCOC(=O)c1ccc(CC2CCCCCCC2)c(NC(=O)OC(C)(C)C)c1.CCOC(=O)c1ccc(CC2CCCCCCC2)c(NC)c1.CCOC(=O)c1ccc(Cl)c(N)c1.CCOC(=O)c1ccc(NC2CCC(N)CC2)c(N)c1.CCOC(=O)c1ccc(NC2CCOCC2)c(N)c1.CCOC(=O)c1ccc(NN2CCN(C)CC2)c(N)c1. The number of hydrazine groups is 1. The van der Waals surface area contributed by atoms with Crippen LogP contribution in [0.1, 0.15) is 325 Å². The fourth-order valence-corrected chi connectivity index (χ4v) is 17.6. The van der Waals surface area contributed by atoms with Crippen molar-refractivity contribution in [2.75, 3.05) is 149 Å². The maximum absolute atomic E-state index is 12.3. The first-order valence-corrected chi connectivity index (χ1v) is 51.3. The number of nitro benzene ring substituents is 1. The number of piperazine rings is 1. The number of hydrogen-bond acceptors (Lipinski definition) is 30. The number of nitro groups is 1. The van der Waals surface area contributed by atoms with Crippen LogP contribution >= 0.6 is 11.6 Å². The maximum Gasteiger partial charge on any atom is 0.412 e. The van der Waals surface area contributed by atoms with Crippen molar-refractivity contribution in [3.8, 4) is 0 Å². The van der Waals surface area contributed by atoms with Gasteiger partial charge < -0.3 is 97.6 Å². The van der Waals surface area contributed by atoms with Crippen LogP contribution in [0, 0.1) is 22.0 Å². The first-order valence-electron chi connectivity index (χ1n) is 50.9. The third-order valence-electron chi connectivity index (χ3n) is 25.1. The number of nitrogens with one attached hydrogen (secondary N) is 5. The van der Waals surface area contributed by atoms with Gasteiger partial charge in [0.05, 0.1) is 135 Å². The van der Waals surface area contributed by atoms with Gasteiger partial charge in [0.25, 0.3) is 5.69 Å². The molecule has 4 aliphatic carbocycles. The molecule has 2 saturated heterocycles. The minimum Gasteiger partial charge on any atom is -0.462 e. The Morgan fingerprint density at radius 1 is 0.415 bits per heavy atom. The van der Waals surface area contributed by atoms with Gasteiger partial charge in [0.1, 0.15) is 5.60 Å². The first-order chi connectivity index (χ1) is 68.2. The highest BCUT2D eigenvalue weighted by Gasteiger charge is 2.29. The van der Waals surface area contributed by atoms with E-state index in [0.717, 1.165) is 156 Å². The second kappa shape index (κ2) is 63.1. The Labute approximate surface area is 844 Å². The number of amides is 1. The Bertz CT molecular complexity index is 5000. The number of nitrogen functional groups attached to an aromatic ring is 4. The van der Waals surface area contributed by atoms with Gasteiger partial charge in [-0.15, -0.1) is 0 Å². The molecule has 32 nitrogen and oxygen atoms in total. The van der Waals surface area contributed by atoms with E-state index in [4.69, 9.17) is 82.9 Å². The maximum atomic E-state index is 12.3. The highest BCUT2D eigenvalue weighted by atomic mass is 35.5. The van der Waals surface area contributed by atoms with Gasteiger partial charge in [0.2, 0.25) is 0 Å². The lowest BCUT2D eigenvalue weighted by Gasteiger charge is -2.33. The standard InChI is InChI=1S/C23H35NO4.C19H29NO2.C15H23N3O2.C15H19NO4.C14H22N4O2.C14H20N2O3.C9H10ClNO2/c1-5-27-21(25)19-14-13-18(15-17-11-9-7-6-8-10-12-17)20(16-19)24-22(26)28-23(2,3)4;1-3-22-19(21)17-12-11-16(18(14-17)20-2)13-15-9-7-5-4-6-8-10-15;1-2-20-15(19)10-3-8-14(13(17)9-10)18-12-6-4-11(16)5-7-12;1-2-20-15(17)12-8-9-13(14(10-12)16(18)19)11-6-4-3-5-7-11;1-3-20-14(19)11-4-5-13(12(15)10-11)16-18-8-6-17(2)7-9-18;1-2-19-14(17)10-3-4-13(12(15)9-10)16-11-5-7-18-8-6-11;1-2-13-9(12)6-3-4-7(10)8(11)5-6/h13-14,16-17H,5-12,15H2,1-4H3,(H,24,26);11-12,14-15,20H,3-10,13H2,1-2H3;3,8-9,11-12,18H,2,4-7,16-17H2,1H3;8-11H,2-7H2,1H3;4-5,10,16H,3,6-9,15H2,1-2H3;3-4,9,11,16H,2,5-8,15H2,1H3;3-5H,2,11H2,1H3. The van der Waals surface area contributed by atoms with E-state index < -0.39 is 22.6 Å². The third kappa shape index (κ3) is 41.5. The molecule has 2 heterocycles. The number of carbonyl (C=O) groups excluding carboxylic acids is 8. The summed E-state index contributed by atoms with van der Waals surface area (Å²) in [6, 6.07) is 37.5. The number of nitrogens with zero attached hydrogens (tertiary/aromatic N) is 3. The van der Waals surface area contributed by atoms with E-state index in [1.165, 1.54) is 114 Å². The summed E-state index contributed by atoms with van der Waals surface area (Å²) in [5.41, 5.74) is 44.8. The van der Waals surface area contributed by atoms with E-state index in [0.29, 0.717) is 131 Å². The number of halogens is 1. The lowest BCUT2D eigenvalue weighted by atomic mass is 9.83. The van der Waals surface area contributed by atoms with Crippen LogP contribution < -0.4 is 55.4 Å². The lowest BCUT2D eigenvalue weighted by Crippen LogP contribution is -2.47. The van der Waals surface area contributed by atoms with Crippen molar-refractivity contribution in [2.45, 2.75) is 272 Å². The van der Waals surface area contributed by atoms with Crippen molar-refractivity contribution < 1.29 is 85.9 Å². The number of ether oxygens (including phenoxy) is 9. The summed E-state index contributed by atoms with van der Waals surface area (Å²) in [4.78, 5) is 107. The van der Waals surface area contributed by atoms with Crippen molar-refractivity contribution in [1.82, 2.24) is 9.91 Å². The van der Waals surface area contributed by atoms with Crippen LogP contribution in [0.5, 0.6) is 0 Å². The zero-order valence-electron chi connectivity index (χ0n) is 85.7. The minimum atomic E-state index is -0.581. The molecule has 2 aliphatic heterocycles. The smallest absolute Gasteiger partial charge is 0.412 e. The molecule has 6 aliphatic rings. The van der Waals surface area contributed by atoms with E-state index in [2.05, 4.69) is 49.7 Å². The summed E-state index contributed by atoms with van der Waals surface area (Å²) in [5, 5.41) is 26.7. The molecule has 780 valence electrons. The molecule has 13 rings (SSSR count). The Balaban J connectivity index is 0.000000227. The van der Waals surface area contributed by atoms with E-state index in [1.807, 2.05) is 71.1 Å². The quantitative estimate of drug-likeness (QED) is 0.00716. The molecular formula is C109H158ClN13O19. The average Bonchev–Trinajstić information content (AvgIpc) is 0.810. The molecule has 0 bridgehead atoms. The zero-order chi connectivity index (χ0) is 103. The largest absolute Gasteiger partial charge is 0.462 e. The number of esters is 7. The number of rotatable bonds is 28. The molecule has 7 aromatic rings. The second-order valence-corrected chi connectivity index (χ2v) is 37.6. The Morgan fingerprint density at radius 2 is 0.754 bits per heavy atom. The van der Waals surface area contributed by atoms with Gasteiger partial charge in [-0.1, -0.05) is 139 Å². The van der Waals surface area contributed by atoms with Crippen LogP contribution in [0.15, 0.2) is 127 Å². The third-order valence-corrected chi connectivity index (χ3v) is 25.4. The molecule has 15 N–H and O–H groups in total. The molecular weight excluding hydrogens is 1830 g/mol. The van der Waals surface area contributed by atoms with Crippen molar-refractivity contribution >= 4 is 116 Å². The van der Waals surface area contributed by atoms with Crippen molar-refractivity contribution in [3.05, 3.63) is 198 Å². The monoisotopic (exact) mass is 1990 g/mol. The predicted molar refractivity (Wildman–Crippen MR) is 564 cm³/mol. The molecule has 6 fully saturated rings. The molecule has 4 saturated carbocycles. The number of anilines is 9. The van der Waals surface area contributed by atoms with E-state index in [9.17, 15) is 48.5 Å². The topological polar surface area (TPSA) is 459 Å². The lowest BCUT2D eigenvalue weighted by molar-refractivity contribution is -0.385. The van der Waals surface area contributed by atoms with Crippen molar-refractivity contribution in [1.29, 1.82) is 0 Å². The Hall–Kier alpha value is -12.0. The van der Waals surface area contributed by atoms with Gasteiger partial charge in [-0.25, -0.2) is 43.4 Å². The van der Waals surface area contributed by atoms with Gasteiger partial charge >= 0.3 is 47.9 Å². The summed E-state index contributed by atoms with van der Waals surface area (Å²) < 4.78 is 45.4. The van der Waals surface area contributed by atoms with Crippen LogP contribution in [-0.2, 0) is 55.5 Å². The van der Waals surface area contributed by atoms with Crippen LogP contribution in [0.3, 0.4) is 0 Å². The fourth-order valence-electron chi connectivity index (χ4n) is 17.5. The van der Waals surface area contributed by atoms with Crippen LogP contribution in [0.25, 0.3) is 0 Å². The molecule has 142 heavy (non-hydrogen) atoms. The summed E-state index contributed by atoms with van der Waals surface area (Å²) in [6.45, 7) is 25.8. The Kier molecular flexibility index (Phi) is 52.0. The summed E-state index contributed by atoms with van der Waals surface area (Å²) in [7, 11) is 4.03. The van der Waals surface area contributed by atoms with Gasteiger partial charge in [-0.05, 0) is 273 Å². The number of nitrogens with two attached hydrogens (primary N) is 5. The molecule has 1 amide bonds. The summed E-state index contributed by atoms with van der Waals surface area (Å²) in [5.74, 6) is -0.916. The number of likely N-dealkylation sites (N-methyl/N-ethyl adjacent to an activating group) is 1. The van der Waals surface area contributed by atoms with Gasteiger partial charge in [-0.3, -0.25) is 15.4 Å². The molecule has 0 unspecified atom stereocenters. The normalized spacial score (nSPS) is 16.5. The summed E-state index contributed by atoms with van der Waals surface area (Å²) in [6.07, 6.45) is 31.5. The number of carbonyl (C=O) groups is 8. The van der Waals surface area contributed by atoms with Crippen LogP contribution in [0.2, 0.25) is 5.02 Å². The Morgan fingerprint density at radius 3 is 1.14 bits per heavy atom. The summed E-state index contributed by atoms with van der Waals surface area (Å²) >= 11 is 5.69. The molecule has 7 aromatic carbocycles. The van der Waals surface area contributed by atoms with Crippen molar-refractivity contribution in [2.24, 2.45) is 17.6 Å². The molecule has 0 radical (unpaired) electrons. The zero-order valence-corrected chi connectivity index (χ0v) is 86.5. The fraction of sp³-hybridized carbons (Fsp3) is 0.541. The highest BCUT2D eigenvalue weighted by Crippen LogP contribution is 2.39. The molecule has 0 spiro atoms. The first kappa shape index (κ1) is 117. The van der Waals surface area contributed by atoms with E-state index in [1.54, 1.807) is 114 Å². The molecule has 0 aromatic heterocycles. The highest BCUT2D eigenvalue weighted by molar-refractivity contribution is 6.33. The van der Waals surface area contributed by atoms with Crippen LogP contribution in [0.4, 0.5) is 61.7 Å². The number of benzene rings is 7. The minimum absolute atomic E-state index is 0.0439. The predicted octanol–water partition coefficient (Wildman–Crippen LogP) is 22.0. The second-order valence-electron chi connectivity index (χ2n) is 37.2. The van der Waals surface area contributed by atoms with Gasteiger partial charge in [0.15, 0.2) is 0 Å².